The molecule has 1 spiro atoms. The van der Waals surface area contributed by atoms with Crippen molar-refractivity contribution in [3.8, 4) is 0 Å². The molecular weight excluding hydrogens is 342 g/mol. The van der Waals surface area contributed by atoms with Crippen LogP contribution in [-0.2, 0) is 16.1 Å². The maximum Gasteiger partial charge on any atom is 0.222 e. The largest absolute Gasteiger partial charge is 0.376 e. The number of aromatic nitrogens is 2. The van der Waals surface area contributed by atoms with Gasteiger partial charge in [-0.25, -0.2) is 9.97 Å². The molecule has 3 aliphatic rings. The number of hydrogen-bond acceptors (Lipinski definition) is 6. The fourth-order valence-corrected chi connectivity index (χ4v) is 4.62. The summed E-state index contributed by atoms with van der Waals surface area (Å²) in [7, 11) is 1.95. The predicted molar refractivity (Wildman–Crippen MR) is 103 cm³/mol. The quantitative estimate of drug-likeness (QED) is 0.850. The molecule has 1 amide bonds. The lowest BCUT2D eigenvalue weighted by Gasteiger charge is -2.46. The first-order valence-electron chi connectivity index (χ1n) is 10.2. The molecule has 4 rings (SSSR count). The van der Waals surface area contributed by atoms with Gasteiger partial charge in [-0.1, -0.05) is 0 Å². The molecule has 0 bridgehead atoms. The molecule has 3 saturated heterocycles. The highest BCUT2D eigenvalue weighted by Crippen LogP contribution is 2.39. The zero-order valence-electron chi connectivity index (χ0n) is 16.3. The van der Waals surface area contributed by atoms with E-state index in [1.165, 1.54) is 12.8 Å². The Labute approximate surface area is 161 Å². The van der Waals surface area contributed by atoms with Crippen LogP contribution in [0.2, 0.25) is 0 Å². The van der Waals surface area contributed by atoms with Crippen molar-refractivity contribution >= 4 is 11.9 Å². The number of hydrogen-bond donors (Lipinski definition) is 1. The van der Waals surface area contributed by atoms with E-state index in [1.807, 2.05) is 24.3 Å². The van der Waals surface area contributed by atoms with E-state index < -0.39 is 0 Å². The summed E-state index contributed by atoms with van der Waals surface area (Å²) in [6, 6.07) is 0. The molecular formula is C20H31N5O2. The number of amides is 1. The van der Waals surface area contributed by atoms with Crippen LogP contribution < -0.4 is 5.32 Å². The molecule has 1 aromatic rings. The molecule has 1 aromatic heterocycles. The molecule has 3 aliphatic heterocycles. The molecule has 4 heterocycles. The zero-order valence-corrected chi connectivity index (χ0v) is 16.3. The van der Waals surface area contributed by atoms with Gasteiger partial charge < -0.3 is 15.0 Å². The minimum absolute atomic E-state index is 0.295. The molecule has 1 atom stereocenters. The van der Waals surface area contributed by atoms with Crippen LogP contribution in [0.3, 0.4) is 0 Å². The van der Waals surface area contributed by atoms with Gasteiger partial charge in [-0.15, -0.1) is 0 Å². The van der Waals surface area contributed by atoms with E-state index in [1.54, 1.807) is 0 Å². The van der Waals surface area contributed by atoms with Crippen molar-refractivity contribution in [2.24, 2.45) is 5.41 Å². The fourth-order valence-electron chi connectivity index (χ4n) is 4.62. The number of carbonyl (C=O) groups is 1. The molecule has 1 unspecified atom stereocenters. The number of nitrogens with zero attached hydrogens (tertiary/aromatic N) is 4. The van der Waals surface area contributed by atoms with Crippen molar-refractivity contribution in [2.75, 3.05) is 45.2 Å². The van der Waals surface area contributed by atoms with Gasteiger partial charge in [-0.3, -0.25) is 9.69 Å². The fraction of sp³-hybridized carbons (Fsp3) is 0.750. The first-order valence-corrected chi connectivity index (χ1v) is 10.2. The zero-order chi connectivity index (χ0) is 18.7. The van der Waals surface area contributed by atoms with Crippen LogP contribution in [0, 0.1) is 5.41 Å². The number of carbonyl (C=O) groups excluding carboxylic acids is 1. The molecule has 0 saturated carbocycles. The standard InChI is InChI=1S/C20H31N5O2/c1-24-15-20(5-4-18(24)26)6-8-25(9-7-20)14-16-11-21-19(22-12-16)23-13-17-3-2-10-27-17/h11-12,17H,2-10,13-15H2,1H3,(H,21,22,23). The third-order valence-electron chi connectivity index (χ3n) is 6.41. The molecule has 7 nitrogen and oxygen atoms in total. The van der Waals surface area contributed by atoms with Crippen LogP contribution >= 0.6 is 0 Å². The first-order chi connectivity index (χ1) is 13.1. The summed E-state index contributed by atoms with van der Waals surface area (Å²) in [6.45, 7) is 5.65. The van der Waals surface area contributed by atoms with Gasteiger partial charge in [-0.2, -0.15) is 0 Å². The van der Waals surface area contributed by atoms with Crippen LogP contribution in [-0.4, -0.2) is 71.6 Å². The average Bonchev–Trinajstić information content (AvgIpc) is 3.20. The minimum Gasteiger partial charge on any atom is -0.376 e. The third kappa shape index (κ3) is 4.58. The van der Waals surface area contributed by atoms with Gasteiger partial charge in [0.15, 0.2) is 0 Å². The number of nitrogens with one attached hydrogen (secondary N) is 1. The summed E-state index contributed by atoms with van der Waals surface area (Å²) in [6.07, 6.45) is 10.5. The molecule has 0 aromatic carbocycles. The van der Waals surface area contributed by atoms with Crippen LogP contribution in [0.4, 0.5) is 5.95 Å². The number of piperidine rings is 2. The Morgan fingerprint density at radius 1 is 1.26 bits per heavy atom. The normalized spacial score (nSPS) is 25.9. The van der Waals surface area contributed by atoms with Crippen molar-refractivity contribution in [1.29, 1.82) is 0 Å². The lowest BCUT2D eigenvalue weighted by Crippen LogP contribution is -2.50. The molecule has 148 valence electrons. The van der Waals surface area contributed by atoms with Gasteiger partial charge in [0, 0.05) is 57.7 Å². The predicted octanol–water partition coefficient (Wildman–Crippen LogP) is 1.90. The van der Waals surface area contributed by atoms with Crippen LogP contribution in [0.25, 0.3) is 0 Å². The van der Waals surface area contributed by atoms with Gasteiger partial charge in [0.2, 0.25) is 11.9 Å². The minimum atomic E-state index is 0.295. The highest BCUT2D eigenvalue weighted by molar-refractivity contribution is 5.76. The van der Waals surface area contributed by atoms with E-state index in [9.17, 15) is 4.79 Å². The van der Waals surface area contributed by atoms with Gasteiger partial charge in [-0.05, 0) is 50.6 Å². The van der Waals surface area contributed by atoms with Gasteiger partial charge in [0.1, 0.15) is 0 Å². The lowest BCUT2D eigenvalue weighted by atomic mass is 9.72. The molecule has 7 heteroatoms. The second-order valence-corrected chi connectivity index (χ2v) is 8.46. The van der Waals surface area contributed by atoms with Gasteiger partial charge >= 0.3 is 0 Å². The van der Waals surface area contributed by atoms with E-state index in [0.717, 1.165) is 64.2 Å². The van der Waals surface area contributed by atoms with Crippen molar-refractivity contribution in [3.63, 3.8) is 0 Å². The Kier molecular flexibility index (Phi) is 5.59. The Morgan fingerprint density at radius 3 is 2.70 bits per heavy atom. The van der Waals surface area contributed by atoms with Crippen LogP contribution in [0.5, 0.6) is 0 Å². The van der Waals surface area contributed by atoms with Crippen LogP contribution in [0.1, 0.15) is 44.1 Å². The van der Waals surface area contributed by atoms with E-state index in [4.69, 9.17) is 4.74 Å². The van der Waals surface area contributed by atoms with Gasteiger partial charge in [0.05, 0.1) is 6.10 Å². The first kappa shape index (κ1) is 18.6. The maximum atomic E-state index is 11.8. The molecule has 27 heavy (non-hydrogen) atoms. The smallest absolute Gasteiger partial charge is 0.222 e. The highest BCUT2D eigenvalue weighted by atomic mass is 16.5. The molecule has 3 fully saturated rings. The number of likely N-dealkylation sites (tertiary alicyclic amines) is 2. The summed E-state index contributed by atoms with van der Waals surface area (Å²) in [4.78, 5) is 25.1. The highest BCUT2D eigenvalue weighted by Gasteiger charge is 2.39. The summed E-state index contributed by atoms with van der Waals surface area (Å²) in [5.74, 6) is 0.982. The Hall–Kier alpha value is -1.73. The van der Waals surface area contributed by atoms with E-state index in [2.05, 4.69) is 20.2 Å². The third-order valence-corrected chi connectivity index (χ3v) is 6.41. The SMILES string of the molecule is CN1CC2(CCC1=O)CCN(Cc1cnc(NCC3CCCO3)nc1)CC2. The lowest BCUT2D eigenvalue weighted by molar-refractivity contribution is -0.137. The second kappa shape index (κ2) is 8.10. The van der Waals surface area contributed by atoms with Crippen LogP contribution in [0.15, 0.2) is 12.4 Å². The number of rotatable bonds is 5. The van der Waals surface area contributed by atoms with Crippen molar-refractivity contribution in [2.45, 2.75) is 51.2 Å². The van der Waals surface area contributed by atoms with Crippen molar-refractivity contribution < 1.29 is 9.53 Å². The molecule has 0 radical (unpaired) electrons. The van der Waals surface area contributed by atoms with Crippen molar-refractivity contribution in [3.05, 3.63) is 18.0 Å². The maximum absolute atomic E-state index is 11.8. The molecule has 1 N–H and O–H groups in total. The Morgan fingerprint density at radius 2 is 2.04 bits per heavy atom. The summed E-state index contributed by atoms with van der Waals surface area (Å²) >= 11 is 0. The summed E-state index contributed by atoms with van der Waals surface area (Å²) in [5, 5.41) is 3.27. The summed E-state index contributed by atoms with van der Waals surface area (Å²) < 4.78 is 5.61. The topological polar surface area (TPSA) is 70.6 Å². The summed E-state index contributed by atoms with van der Waals surface area (Å²) in [5.41, 5.74) is 1.50. The number of anilines is 1. The average molecular weight is 374 g/mol. The van der Waals surface area contributed by atoms with Crippen molar-refractivity contribution in [1.82, 2.24) is 19.8 Å². The second-order valence-electron chi connectivity index (χ2n) is 8.46. The Bertz CT molecular complexity index is 636. The number of ether oxygens (including phenoxy) is 1. The molecule has 0 aliphatic carbocycles. The van der Waals surface area contributed by atoms with E-state index >= 15 is 0 Å². The van der Waals surface area contributed by atoms with Gasteiger partial charge in [0.25, 0.3) is 0 Å². The monoisotopic (exact) mass is 373 g/mol. The van der Waals surface area contributed by atoms with E-state index in [-0.39, 0.29) is 0 Å². The van der Waals surface area contributed by atoms with E-state index in [0.29, 0.717) is 29.8 Å². The Balaban J connectivity index is 1.23.